The number of hydrogen-bond acceptors (Lipinski definition) is 10. The zero-order valence-electron chi connectivity index (χ0n) is 22.7. The topological polar surface area (TPSA) is 147 Å². The van der Waals surface area contributed by atoms with Crippen molar-refractivity contribution < 1.29 is 38.3 Å². The van der Waals surface area contributed by atoms with Crippen LogP contribution in [-0.4, -0.2) is 53.2 Å². The van der Waals surface area contributed by atoms with E-state index in [2.05, 4.69) is 27.9 Å². The van der Waals surface area contributed by atoms with E-state index in [4.69, 9.17) is 18.9 Å². The maximum atomic E-state index is 13.1. The first kappa shape index (κ1) is 30.2. The van der Waals surface area contributed by atoms with E-state index >= 15 is 0 Å². The zero-order chi connectivity index (χ0) is 30.5. The fourth-order valence-electron chi connectivity index (χ4n) is 4.20. The fourth-order valence-corrected chi connectivity index (χ4v) is 5.82. The number of amides is 3. The number of nitro groups is 1. The van der Waals surface area contributed by atoms with Crippen molar-refractivity contribution in [2.75, 3.05) is 31.7 Å². The summed E-state index contributed by atoms with van der Waals surface area (Å²) in [5, 5.41) is 13.0. The van der Waals surface area contributed by atoms with Crippen LogP contribution < -0.4 is 24.3 Å². The number of anilines is 1. The number of nitrogens with one attached hydrogen (secondary N) is 1. The first-order valence-corrected chi connectivity index (χ1v) is 14.9. The highest BCUT2D eigenvalue weighted by Crippen LogP contribution is 2.38. The summed E-state index contributed by atoms with van der Waals surface area (Å²) in [7, 11) is 0. The predicted octanol–water partition coefficient (Wildman–Crippen LogP) is 5.62. The van der Waals surface area contributed by atoms with Gasteiger partial charge in [-0.25, -0.2) is 0 Å². The Labute approximate surface area is 263 Å². The van der Waals surface area contributed by atoms with Crippen molar-refractivity contribution in [1.29, 1.82) is 0 Å². The van der Waals surface area contributed by atoms with Gasteiger partial charge in [0.1, 0.15) is 26.4 Å². The van der Waals surface area contributed by atoms with Gasteiger partial charge < -0.3 is 24.3 Å². The number of thioether (sulfide) groups is 1. The summed E-state index contributed by atoms with van der Waals surface area (Å²) in [5.74, 6) is 0.859. The van der Waals surface area contributed by atoms with Crippen molar-refractivity contribution in [2.45, 2.75) is 13.5 Å². The maximum Gasteiger partial charge on any atom is 0.294 e. The third-order valence-electron chi connectivity index (χ3n) is 6.16. The molecule has 0 aliphatic carbocycles. The molecular formula is C29H24IN3O9S. The first-order valence-electron chi connectivity index (χ1n) is 13.0. The predicted molar refractivity (Wildman–Crippen MR) is 166 cm³/mol. The van der Waals surface area contributed by atoms with Crippen LogP contribution in [0.15, 0.2) is 59.5 Å². The molecule has 0 unspecified atom stereocenters. The average Bonchev–Trinajstić information content (AvgIpc) is 3.24. The lowest BCUT2D eigenvalue weighted by Crippen LogP contribution is -2.36. The number of carbonyl (C=O) groups is 3. The second kappa shape index (κ2) is 13.3. The van der Waals surface area contributed by atoms with Crippen molar-refractivity contribution in [3.8, 4) is 23.0 Å². The molecule has 43 heavy (non-hydrogen) atoms. The molecule has 2 aliphatic heterocycles. The Morgan fingerprint density at radius 3 is 2.56 bits per heavy atom. The molecule has 12 nitrogen and oxygen atoms in total. The molecule has 0 aromatic heterocycles. The molecule has 1 N–H and O–H groups in total. The van der Waals surface area contributed by atoms with Crippen LogP contribution in [0.3, 0.4) is 0 Å². The van der Waals surface area contributed by atoms with Gasteiger partial charge in [-0.15, -0.1) is 0 Å². The standard InChI is InChI=1S/C29H24IN3O9S/c1-2-39-24-12-18(11-21(30)27(24)42-16-17-3-6-20(7-4-17)33(37)38)13-25-28(35)32(29(36)43-25)15-26(34)31-19-5-8-22-23(14-19)41-10-9-40-22/h3-8,11-14H,2,9-10,15-16H2,1H3,(H,31,34)/b25-13+. The largest absolute Gasteiger partial charge is 0.490 e. The quantitative estimate of drug-likeness (QED) is 0.121. The highest BCUT2D eigenvalue weighted by atomic mass is 127. The second-order valence-electron chi connectivity index (χ2n) is 9.15. The van der Waals surface area contributed by atoms with E-state index in [1.807, 2.05) is 6.92 Å². The Balaban J connectivity index is 1.26. The highest BCUT2D eigenvalue weighted by Gasteiger charge is 2.36. The smallest absolute Gasteiger partial charge is 0.294 e. The van der Waals surface area contributed by atoms with E-state index in [0.717, 1.165) is 22.2 Å². The Morgan fingerprint density at radius 2 is 1.84 bits per heavy atom. The molecule has 0 bridgehead atoms. The van der Waals surface area contributed by atoms with E-state index in [-0.39, 0.29) is 17.2 Å². The lowest BCUT2D eigenvalue weighted by molar-refractivity contribution is -0.384. The molecule has 1 fully saturated rings. The molecule has 0 spiro atoms. The van der Waals surface area contributed by atoms with Crippen LogP contribution in [0.1, 0.15) is 18.1 Å². The van der Waals surface area contributed by atoms with Crippen LogP contribution in [0.4, 0.5) is 16.2 Å². The summed E-state index contributed by atoms with van der Waals surface area (Å²) < 4.78 is 23.5. The minimum atomic E-state index is -0.584. The van der Waals surface area contributed by atoms with Gasteiger partial charge in [0.2, 0.25) is 5.91 Å². The van der Waals surface area contributed by atoms with Crippen LogP contribution in [0.5, 0.6) is 23.0 Å². The monoisotopic (exact) mass is 717 g/mol. The molecule has 1 saturated heterocycles. The van der Waals surface area contributed by atoms with Gasteiger partial charge in [-0.3, -0.25) is 29.4 Å². The number of benzene rings is 3. The number of carbonyl (C=O) groups excluding carboxylic acids is 3. The van der Waals surface area contributed by atoms with Crippen LogP contribution in [-0.2, 0) is 16.2 Å². The number of rotatable bonds is 10. The van der Waals surface area contributed by atoms with E-state index in [0.29, 0.717) is 57.6 Å². The van der Waals surface area contributed by atoms with E-state index < -0.39 is 28.5 Å². The maximum absolute atomic E-state index is 13.1. The lowest BCUT2D eigenvalue weighted by atomic mass is 10.1. The molecular weight excluding hydrogens is 693 g/mol. The number of imide groups is 1. The number of halogens is 1. The summed E-state index contributed by atoms with van der Waals surface area (Å²) in [6, 6.07) is 14.5. The number of hydrogen-bond donors (Lipinski definition) is 1. The number of nitro benzene ring substituents is 1. The number of nitrogens with zero attached hydrogens (tertiary/aromatic N) is 2. The molecule has 0 saturated carbocycles. The Hall–Kier alpha value is -4.31. The van der Waals surface area contributed by atoms with Gasteiger partial charge in [0, 0.05) is 23.9 Å². The minimum Gasteiger partial charge on any atom is -0.490 e. The van der Waals surface area contributed by atoms with E-state index in [1.165, 1.54) is 12.1 Å². The summed E-state index contributed by atoms with van der Waals surface area (Å²) in [6.07, 6.45) is 1.56. The molecule has 14 heteroatoms. The lowest BCUT2D eigenvalue weighted by Gasteiger charge is -2.19. The molecule has 3 amide bonds. The molecule has 0 radical (unpaired) electrons. The zero-order valence-corrected chi connectivity index (χ0v) is 25.6. The Bertz CT molecular complexity index is 1630. The number of ether oxygens (including phenoxy) is 4. The van der Waals surface area contributed by atoms with Gasteiger partial charge in [-0.1, -0.05) is 0 Å². The second-order valence-corrected chi connectivity index (χ2v) is 11.3. The fraction of sp³-hybridized carbons (Fsp3) is 0.207. The van der Waals surface area contributed by atoms with Gasteiger partial charge in [0.15, 0.2) is 23.0 Å². The number of fused-ring (bicyclic) bond motifs is 1. The Morgan fingerprint density at radius 1 is 1.09 bits per heavy atom. The Kier molecular flexibility index (Phi) is 9.35. The van der Waals surface area contributed by atoms with Gasteiger partial charge >= 0.3 is 0 Å². The van der Waals surface area contributed by atoms with Crippen molar-refractivity contribution >= 4 is 68.9 Å². The van der Waals surface area contributed by atoms with Crippen LogP contribution >= 0.6 is 34.4 Å². The van der Waals surface area contributed by atoms with E-state index in [1.54, 1.807) is 48.5 Å². The summed E-state index contributed by atoms with van der Waals surface area (Å²) in [6.45, 7) is 2.72. The molecule has 2 heterocycles. The summed E-state index contributed by atoms with van der Waals surface area (Å²) in [4.78, 5) is 49.9. The first-order chi connectivity index (χ1) is 20.7. The van der Waals surface area contributed by atoms with Crippen LogP contribution in [0, 0.1) is 13.7 Å². The highest BCUT2D eigenvalue weighted by molar-refractivity contribution is 14.1. The molecule has 5 rings (SSSR count). The van der Waals surface area contributed by atoms with Crippen molar-refractivity contribution in [3.05, 3.63) is 84.3 Å². The van der Waals surface area contributed by atoms with Gasteiger partial charge in [-0.2, -0.15) is 0 Å². The number of non-ortho nitro benzene ring substituents is 1. The van der Waals surface area contributed by atoms with E-state index in [9.17, 15) is 24.5 Å². The van der Waals surface area contributed by atoms with Crippen molar-refractivity contribution in [2.24, 2.45) is 0 Å². The molecule has 3 aromatic carbocycles. The summed E-state index contributed by atoms with van der Waals surface area (Å²) >= 11 is 2.83. The van der Waals surface area contributed by atoms with Gasteiger partial charge in [0.05, 0.1) is 20.0 Å². The van der Waals surface area contributed by atoms with Gasteiger partial charge in [-0.05, 0) is 94.9 Å². The van der Waals surface area contributed by atoms with Crippen LogP contribution in [0.25, 0.3) is 6.08 Å². The van der Waals surface area contributed by atoms with Crippen molar-refractivity contribution in [3.63, 3.8) is 0 Å². The van der Waals surface area contributed by atoms with Crippen molar-refractivity contribution in [1.82, 2.24) is 4.90 Å². The normalized spacial score (nSPS) is 15.0. The minimum absolute atomic E-state index is 0.0113. The summed E-state index contributed by atoms with van der Waals surface area (Å²) in [5.41, 5.74) is 1.77. The van der Waals surface area contributed by atoms with Crippen LogP contribution in [0.2, 0.25) is 0 Å². The molecule has 2 aliphatic rings. The average molecular weight is 717 g/mol. The molecule has 3 aromatic rings. The third-order valence-corrected chi connectivity index (χ3v) is 7.87. The molecule has 222 valence electrons. The van der Waals surface area contributed by atoms with Gasteiger partial charge in [0.25, 0.3) is 16.8 Å². The SMILES string of the molecule is CCOc1cc(/C=C2/SC(=O)N(CC(=O)Nc3ccc4c(c3)OCCO4)C2=O)cc(I)c1OCc1ccc([N+](=O)[O-])cc1. The molecule has 0 atom stereocenters. The third kappa shape index (κ3) is 7.19.